The van der Waals surface area contributed by atoms with E-state index in [1.807, 2.05) is 20.1 Å². The fourth-order valence-electron chi connectivity index (χ4n) is 2.29. The Morgan fingerprint density at radius 1 is 1.44 bits per heavy atom. The molecular formula is C10H14NO4S+. The molecule has 88 valence electrons. The first-order chi connectivity index (χ1) is 7.34. The lowest BCUT2D eigenvalue weighted by atomic mass is 9.98. The molecule has 16 heavy (non-hydrogen) atoms. The largest absolute Gasteiger partial charge is 0.467 e. The molecule has 2 rings (SSSR count). The van der Waals surface area contributed by atoms with Crippen LogP contribution in [0.3, 0.4) is 0 Å². The Kier molecular flexibility index (Phi) is 2.31. The Morgan fingerprint density at radius 3 is 2.50 bits per heavy atom. The van der Waals surface area contributed by atoms with E-state index in [1.165, 1.54) is 12.0 Å². The van der Waals surface area contributed by atoms with Crippen LogP contribution in [0.25, 0.3) is 0 Å². The number of carbonyl (C=O) groups is 3. The summed E-state index contributed by atoms with van der Waals surface area (Å²) in [6.45, 7) is 3.80. The van der Waals surface area contributed by atoms with Gasteiger partial charge in [0.2, 0.25) is 0 Å². The molecule has 2 fully saturated rings. The number of nitrogens with zero attached hydrogens (tertiary/aromatic N) is 1. The predicted octanol–water partition coefficient (Wildman–Crippen LogP) is -0.694. The van der Waals surface area contributed by atoms with Gasteiger partial charge in [0.15, 0.2) is 10.8 Å². The van der Waals surface area contributed by atoms with Crippen LogP contribution < -0.4 is 0 Å². The van der Waals surface area contributed by atoms with Crippen molar-refractivity contribution in [3.8, 4) is 0 Å². The molecule has 2 aliphatic heterocycles. The molecule has 1 amide bonds. The normalized spacial score (nSPS) is 35.8. The van der Waals surface area contributed by atoms with Crippen LogP contribution in [0.5, 0.6) is 0 Å². The third kappa shape index (κ3) is 1.10. The summed E-state index contributed by atoms with van der Waals surface area (Å²) in [4.78, 5) is 36.0. The number of ether oxygens (including phenoxy) is 1. The van der Waals surface area contributed by atoms with Crippen molar-refractivity contribution in [2.45, 2.75) is 30.0 Å². The minimum absolute atomic E-state index is 0.320. The summed E-state index contributed by atoms with van der Waals surface area (Å²) in [5, 5.41) is -0.411. The molecule has 0 N–H and O–H groups in total. The molecule has 0 spiro atoms. The van der Waals surface area contributed by atoms with Crippen LogP contribution in [0.1, 0.15) is 13.8 Å². The highest BCUT2D eigenvalue weighted by molar-refractivity contribution is 7.99. The van der Waals surface area contributed by atoms with Crippen molar-refractivity contribution in [3.05, 3.63) is 0 Å². The number of hydrogen-bond acceptors (Lipinski definition) is 4. The SMILES string of the molecule is COC(=O)C1N2C(=O)C(=O)C2[S+](C)C1(C)C. The molecule has 2 heterocycles. The Bertz CT molecular complexity index is 392. The van der Waals surface area contributed by atoms with Crippen molar-refractivity contribution in [1.29, 1.82) is 0 Å². The maximum Gasteiger partial charge on any atom is 0.334 e. The molecule has 0 aromatic rings. The maximum absolute atomic E-state index is 11.7. The summed E-state index contributed by atoms with van der Waals surface area (Å²) in [5.41, 5.74) is 0. The number of carbonyl (C=O) groups excluding carboxylic acids is 3. The second-order valence-corrected chi connectivity index (χ2v) is 7.13. The number of amides is 1. The Labute approximate surface area is 96.5 Å². The van der Waals surface area contributed by atoms with E-state index in [9.17, 15) is 14.4 Å². The summed E-state index contributed by atoms with van der Waals surface area (Å²) in [5.74, 6) is -1.36. The fraction of sp³-hybridized carbons (Fsp3) is 0.700. The minimum Gasteiger partial charge on any atom is -0.467 e. The molecule has 6 heteroatoms. The number of rotatable bonds is 1. The van der Waals surface area contributed by atoms with Gasteiger partial charge in [-0.05, 0) is 13.8 Å². The first-order valence-electron chi connectivity index (χ1n) is 4.93. The number of fused-ring (bicyclic) bond motifs is 1. The second kappa shape index (κ2) is 3.23. The van der Waals surface area contributed by atoms with Crippen LogP contribution in [0.15, 0.2) is 0 Å². The maximum atomic E-state index is 11.7. The Balaban J connectivity index is 2.41. The van der Waals surface area contributed by atoms with E-state index in [0.29, 0.717) is 0 Å². The van der Waals surface area contributed by atoms with Crippen LogP contribution in [-0.2, 0) is 30.0 Å². The van der Waals surface area contributed by atoms with Crippen molar-refractivity contribution >= 4 is 28.6 Å². The lowest BCUT2D eigenvalue weighted by Crippen LogP contribution is -2.64. The number of methoxy groups -OCH3 is 1. The quantitative estimate of drug-likeness (QED) is 0.265. The number of hydrogen-bond donors (Lipinski definition) is 0. The zero-order valence-electron chi connectivity index (χ0n) is 9.64. The lowest BCUT2D eigenvalue weighted by molar-refractivity contribution is -0.165. The summed E-state index contributed by atoms with van der Waals surface area (Å²) < 4.78 is 4.31. The molecule has 0 aliphatic carbocycles. The highest BCUT2D eigenvalue weighted by Crippen LogP contribution is 2.44. The topological polar surface area (TPSA) is 63.7 Å². The van der Waals surface area contributed by atoms with Crippen LogP contribution in [0.4, 0.5) is 0 Å². The summed E-state index contributed by atoms with van der Waals surface area (Å²) >= 11 is 0. The van der Waals surface area contributed by atoms with Gasteiger partial charge < -0.3 is 4.74 Å². The molecule has 2 saturated heterocycles. The average molecular weight is 244 g/mol. The van der Waals surface area contributed by atoms with Crippen LogP contribution >= 0.6 is 0 Å². The zero-order chi connectivity index (χ0) is 12.2. The Hall–Kier alpha value is -1.04. The van der Waals surface area contributed by atoms with Gasteiger partial charge in [0, 0.05) is 10.9 Å². The molecule has 2 aliphatic rings. The molecular weight excluding hydrogens is 230 g/mol. The van der Waals surface area contributed by atoms with Crippen LogP contribution in [0.2, 0.25) is 0 Å². The van der Waals surface area contributed by atoms with Gasteiger partial charge in [-0.1, -0.05) is 0 Å². The average Bonchev–Trinajstić information content (AvgIpc) is 2.44. The van der Waals surface area contributed by atoms with Gasteiger partial charge in [-0.15, -0.1) is 0 Å². The van der Waals surface area contributed by atoms with Gasteiger partial charge in [0.25, 0.3) is 11.2 Å². The number of ketones is 1. The molecule has 0 saturated carbocycles. The number of esters is 1. The van der Waals surface area contributed by atoms with E-state index in [0.717, 1.165) is 0 Å². The van der Waals surface area contributed by atoms with Crippen LogP contribution in [-0.4, -0.2) is 52.1 Å². The highest BCUT2D eigenvalue weighted by Gasteiger charge is 2.74. The standard InChI is InChI=1S/C10H14NO4S/c1-10(2)6(9(14)15-3)11-7(13)5(12)8(11)16(10)4/h6,8H,1-4H3/q+1. The predicted molar refractivity (Wildman–Crippen MR) is 58.8 cm³/mol. The van der Waals surface area contributed by atoms with E-state index in [1.54, 1.807) is 0 Å². The van der Waals surface area contributed by atoms with E-state index >= 15 is 0 Å². The third-order valence-electron chi connectivity index (χ3n) is 3.45. The van der Waals surface area contributed by atoms with Crippen LogP contribution in [0, 0.1) is 0 Å². The van der Waals surface area contributed by atoms with Gasteiger partial charge in [0.1, 0.15) is 6.26 Å². The van der Waals surface area contributed by atoms with Crippen molar-refractivity contribution in [2.24, 2.45) is 0 Å². The molecule has 0 bridgehead atoms. The minimum atomic E-state index is -0.624. The monoisotopic (exact) mass is 244 g/mol. The van der Waals surface area contributed by atoms with Crippen molar-refractivity contribution in [3.63, 3.8) is 0 Å². The van der Waals surface area contributed by atoms with Gasteiger partial charge in [-0.2, -0.15) is 0 Å². The van der Waals surface area contributed by atoms with E-state index in [-0.39, 0.29) is 16.7 Å². The van der Waals surface area contributed by atoms with E-state index in [4.69, 9.17) is 4.74 Å². The van der Waals surface area contributed by atoms with Crippen molar-refractivity contribution in [1.82, 2.24) is 4.90 Å². The Morgan fingerprint density at radius 2 is 2.00 bits per heavy atom. The van der Waals surface area contributed by atoms with Gasteiger partial charge in [-0.25, -0.2) is 4.79 Å². The zero-order valence-corrected chi connectivity index (χ0v) is 10.5. The lowest BCUT2D eigenvalue weighted by Gasteiger charge is -2.31. The first-order valence-corrected chi connectivity index (χ1v) is 6.62. The third-order valence-corrected chi connectivity index (χ3v) is 6.44. The molecule has 3 unspecified atom stereocenters. The molecule has 0 radical (unpaired) electrons. The van der Waals surface area contributed by atoms with Crippen molar-refractivity contribution < 1.29 is 19.1 Å². The summed E-state index contributed by atoms with van der Waals surface area (Å²) in [6, 6.07) is -0.624. The second-order valence-electron chi connectivity index (χ2n) is 4.52. The summed E-state index contributed by atoms with van der Waals surface area (Å²) in [7, 11) is 0.978. The van der Waals surface area contributed by atoms with Gasteiger partial charge in [-0.3, -0.25) is 14.5 Å². The van der Waals surface area contributed by atoms with Gasteiger partial charge >= 0.3 is 11.9 Å². The number of β-lactam (4-membered cyclic amide) rings is 1. The summed E-state index contributed by atoms with van der Waals surface area (Å²) in [6.07, 6.45) is 1.92. The smallest absolute Gasteiger partial charge is 0.334 e. The van der Waals surface area contributed by atoms with Crippen molar-refractivity contribution in [2.75, 3.05) is 13.4 Å². The molecule has 5 nitrogen and oxygen atoms in total. The molecule has 3 atom stereocenters. The highest BCUT2D eigenvalue weighted by atomic mass is 32.2. The molecule has 0 aromatic carbocycles. The first kappa shape index (κ1) is 11.4. The van der Waals surface area contributed by atoms with E-state index < -0.39 is 28.0 Å². The van der Waals surface area contributed by atoms with E-state index in [2.05, 4.69) is 0 Å². The molecule has 0 aromatic heterocycles. The van der Waals surface area contributed by atoms with Gasteiger partial charge in [0.05, 0.1) is 7.11 Å². The number of Topliss-reactive ketones (excluding diaryl/α,β-unsaturated/α-hetero) is 1. The fourth-order valence-corrected chi connectivity index (χ4v) is 4.41.